The molecule has 2 saturated heterocycles. The maximum absolute atomic E-state index is 12.2. The molecule has 1 aromatic heterocycles. The van der Waals surface area contributed by atoms with Crippen LogP contribution in [0.3, 0.4) is 0 Å². The van der Waals surface area contributed by atoms with E-state index in [-0.39, 0.29) is 0 Å². The molecule has 2 aliphatic rings. The van der Waals surface area contributed by atoms with Crippen LogP contribution in [0.25, 0.3) is 10.9 Å². The third-order valence-electron chi connectivity index (χ3n) is 6.44. The molecule has 0 spiro atoms. The lowest BCUT2D eigenvalue weighted by Gasteiger charge is -2.36. The average molecular weight is 400 g/mol. The molecule has 0 N–H and O–H groups in total. The van der Waals surface area contributed by atoms with Crippen molar-refractivity contribution in [3.63, 3.8) is 0 Å². The Kier molecular flexibility index (Phi) is 6.08. The summed E-state index contributed by atoms with van der Waals surface area (Å²) in [6, 6.07) is 6.10. The molecule has 4 rings (SSSR count). The number of ether oxygens (including phenoxy) is 1. The Balaban J connectivity index is 1.69. The van der Waals surface area contributed by atoms with Crippen molar-refractivity contribution in [2.45, 2.75) is 6.54 Å². The zero-order valence-electron chi connectivity index (χ0n) is 17.9. The van der Waals surface area contributed by atoms with E-state index in [1.54, 1.807) is 7.11 Å². The van der Waals surface area contributed by atoms with Crippen LogP contribution in [0.4, 0.5) is 5.82 Å². The van der Waals surface area contributed by atoms with E-state index in [1.165, 1.54) is 0 Å². The fourth-order valence-electron chi connectivity index (χ4n) is 4.49. The first-order valence-electron chi connectivity index (χ1n) is 10.6. The highest BCUT2D eigenvalue weighted by atomic mass is 16.5. The molecule has 29 heavy (non-hydrogen) atoms. The van der Waals surface area contributed by atoms with Gasteiger partial charge in [-0.3, -0.25) is 9.69 Å². The summed E-state index contributed by atoms with van der Waals surface area (Å²) in [5, 5.41) is 0.992. The van der Waals surface area contributed by atoms with Crippen LogP contribution in [-0.4, -0.2) is 106 Å². The van der Waals surface area contributed by atoms with E-state index in [2.05, 4.69) is 44.3 Å². The molecular formula is C22H33N5O2. The smallest absolute Gasteiger partial charge is 0.154 e. The van der Waals surface area contributed by atoms with Crippen LogP contribution in [0.15, 0.2) is 18.2 Å². The molecule has 7 nitrogen and oxygen atoms in total. The van der Waals surface area contributed by atoms with Crippen LogP contribution in [0.5, 0.6) is 5.75 Å². The maximum Gasteiger partial charge on any atom is 0.154 e. The van der Waals surface area contributed by atoms with Gasteiger partial charge >= 0.3 is 0 Å². The molecule has 0 bridgehead atoms. The monoisotopic (exact) mass is 399 g/mol. The molecule has 0 radical (unpaired) electrons. The number of hydrogen-bond acceptors (Lipinski definition) is 6. The second-order valence-electron chi connectivity index (χ2n) is 8.33. The Morgan fingerprint density at radius 2 is 1.59 bits per heavy atom. The molecule has 2 aromatic rings. The normalized spacial score (nSPS) is 19.8. The first kappa shape index (κ1) is 20.2. The molecule has 2 aliphatic heterocycles. The molecule has 158 valence electrons. The summed E-state index contributed by atoms with van der Waals surface area (Å²) in [4.78, 5) is 21.8. The van der Waals surface area contributed by atoms with E-state index in [9.17, 15) is 4.79 Å². The predicted molar refractivity (Wildman–Crippen MR) is 118 cm³/mol. The van der Waals surface area contributed by atoms with Crippen molar-refractivity contribution in [2.75, 3.05) is 85.0 Å². The van der Waals surface area contributed by atoms with E-state index in [0.717, 1.165) is 99.8 Å². The number of anilines is 1. The number of hydrogen-bond donors (Lipinski definition) is 0. The number of aldehydes is 1. The summed E-state index contributed by atoms with van der Waals surface area (Å²) in [7, 11) is 6.02. The number of aromatic nitrogens is 1. The number of methoxy groups -OCH3 is 1. The van der Waals surface area contributed by atoms with Crippen molar-refractivity contribution >= 4 is 23.0 Å². The van der Waals surface area contributed by atoms with E-state index < -0.39 is 0 Å². The highest BCUT2D eigenvalue weighted by molar-refractivity contribution is 6.04. The summed E-state index contributed by atoms with van der Waals surface area (Å²) in [5.41, 5.74) is 1.91. The van der Waals surface area contributed by atoms with Crippen LogP contribution in [0, 0.1) is 0 Å². The maximum atomic E-state index is 12.2. The second kappa shape index (κ2) is 8.73. The van der Waals surface area contributed by atoms with Gasteiger partial charge in [0, 0.05) is 70.8 Å². The molecule has 0 aliphatic carbocycles. The quantitative estimate of drug-likeness (QED) is 0.686. The van der Waals surface area contributed by atoms with Gasteiger partial charge in [0.2, 0.25) is 0 Å². The van der Waals surface area contributed by atoms with E-state index >= 15 is 0 Å². The lowest BCUT2D eigenvalue weighted by Crippen LogP contribution is -2.46. The predicted octanol–water partition coefficient (Wildman–Crippen LogP) is 1.46. The number of piperazine rings is 2. The fraction of sp³-hybridized carbons (Fsp3) is 0.591. The number of fused-ring (bicyclic) bond motifs is 1. The third-order valence-corrected chi connectivity index (χ3v) is 6.44. The van der Waals surface area contributed by atoms with Gasteiger partial charge in [-0.1, -0.05) is 0 Å². The Morgan fingerprint density at radius 1 is 0.931 bits per heavy atom. The Labute approximate surface area is 173 Å². The van der Waals surface area contributed by atoms with Crippen molar-refractivity contribution in [1.29, 1.82) is 0 Å². The van der Waals surface area contributed by atoms with Crippen LogP contribution in [-0.2, 0) is 6.54 Å². The Hall–Kier alpha value is -2.09. The Morgan fingerprint density at radius 3 is 2.21 bits per heavy atom. The molecule has 3 heterocycles. The van der Waals surface area contributed by atoms with Gasteiger partial charge in [-0.15, -0.1) is 0 Å². The summed E-state index contributed by atoms with van der Waals surface area (Å²) in [6.07, 6.45) is 1.03. The number of rotatable bonds is 6. The van der Waals surface area contributed by atoms with Crippen molar-refractivity contribution in [3.8, 4) is 5.75 Å². The van der Waals surface area contributed by atoms with Gasteiger partial charge in [-0.25, -0.2) is 0 Å². The van der Waals surface area contributed by atoms with Gasteiger partial charge in [0.05, 0.1) is 18.2 Å². The van der Waals surface area contributed by atoms with E-state index in [4.69, 9.17) is 4.74 Å². The van der Waals surface area contributed by atoms with Crippen molar-refractivity contribution in [1.82, 2.24) is 19.3 Å². The third kappa shape index (κ3) is 4.13. The van der Waals surface area contributed by atoms with Crippen LogP contribution in [0.1, 0.15) is 10.4 Å². The molecule has 7 heteroatoms. The van der Waals surface area contributed by atoms with Crippen molar-refractivity contribution in [3.05, 3.63) is 23.8 Å². The summed E-state index contributed by atoms with van der Waals surface area (Å²) in [5.74, 6) is 1.87. The van der Waals surface area contributed by atoms with Gasteiger partial charge in [0.15, 0.2) is 6.29 Å². The average Bonchev–Trinajstić information content (AvgIpc) is 3.06. The van der Waals surface area contributed by atoms with Crippen molar-refractivity contribution in [2.24, 2.45) is 0 Å². The number of nitrogens with zero attached hydrogens (tertiary/aromatic N) is 5. The van der Waals surface area contributed by atoms with Crippen molar-refractivity contribution < 1.29 is 9.53 Å². The van der Waals surface area contributed by atoms with Gasteiger partial charge in [-0.2, -0.15) is 0 Å². The van der Waals surface area contributed by atoms with E-state index in [0.29, 0.717) is 0 Å². The van der Waals surface area contributed by atoms with Gasteiger partial charge < -0.3 is 24.0 Å². The van der Waals surface area contributed by atoms with Gasteiger partial charge in [0.1, 0.15) is 11.6 Å². The first-order valence-corrected chi connectivity index (χ1v) is 10.6. The number of benzene rings is 1. The molecule has 2 fully saturated rings. The Bertz CT molecular complexity index is 848. The van der Waals surface area contributed by atoms with Crippen LogP contribution < -0.4 is 9.64 Å². The minimum Gasteiger partial charge on any atom is -0.497 e. The SMILES string of the molecule is COc1ccc2c(c1)c(C=O)c(N1CCN(C)CC1)n2CCN1CCN(C)CC1. The summed E-state index contributed by atoms with van der Waals surface area (Å²) >= 11 is 0. The van der Waals surface area contributed by atoms with Crippen LogP contribution in [0.2, 0.25) is 0 Å². The van der Waals surface area contributed by atoms with Gasteiger partial charge in [-0.05, 0) is 32.3 Å². The summed E-state index contributed by atoms with van der Waals surface area (Å²) < 4.78 is 7.80. The topological polar surface area (TPSA) is 44.2 Å². The molecule has 0 saturated carbocycles. The lowest BCUT2D eigenvalue weighted by molar-refractivity contribution is 0.112. The molecule has 0 unspecified atom stereocenters. The molecule has 1 aromatic carbocycles. The standard InChI is InChI=1S/C22H33N5O2/c1-23-6-10-25(11-7-23)12-15-27-21-5-4-18(29-3)16-19(21)20(17-28)22(27)26-13-8-24(2)9-14-26/h4-5,16-17H,6-15H2,1-3H3. The summed E-state index contributed by atoms with van der Waals surface area (Å²) in [6.45, 7) is 10.3. The molecule has 0 atom stereocenters. The van der Waals surface area contributed by atoms with Crippen LogP contribution >= 0.6 is 0 Å². The largest absolute Gasteiger partial charge is 0.497 e. The minimum absolute atomic E-state index is 0.793. The zero-order valence-corrected chi connectivity index (χ0v) is 17.9. The highest BCUT2D eigenvalue weighted by Crippen LogP contribution is 2.34. The number of carbonyl (C=O) groups excluding carboxylic acids is 1. The second-order valence-corrected chi connectivity index (χ2v) is 8.33. The minimum atomic E-state index is 0.793. The number of carbonyl (C=O) groups is 1. The number of likely N-dealkylation sites (N-methyl/N-ethyl adjacent to an activating group) is 2. The highest BCUT2D eigenvalue weighted by Gasteiger charge is 2.25. The lowest BCUT2D eigenvalue weighted by atomic mass is 10.1. The van der Waals surface area contributed by atoms with E-state index in [1.807, 2.05) is 12.1 Å². The molecular weight excluding hydrogens is 366 g/mol. The zero-order chi connectivity index (χ0) is 20.4. The fourth-order valence-corrected chi connectivity index (χ4v) is 4.49. The van der Waals surface area contributed by atoms with Gasteiger partial charge in [0.25, 0.3) is 0 Å². The molecule has 0 amide bonds. The first-order chi connectivity index (χ1) is 14.1.